The molecule has 0 fully saturated rings. The van der Waals surface area contributed by atoms with Crippen LogP contribution in [0.4, 0.5) is 9.52 Å². The third kappa shape index (κ3) is 5.82. The van der Waals surface area contributed by atoms with Gasteiger partial charge in [-0.05, 0) is 54.6 Å². The number of ether oxygens (including phenoxy) is 1. The lowest BCUT2D eigenvalue weighted by atomic mass is 10.2. The number of methoxy groups -OCH3 is 1. The molecule has 0 aliphatic heterocycles. The predicted octanol–water partition coefficient (Wildman–Crippen LogP) is 4.69. The molecule has 9 nitrogen and oxygen atoms in total. The molecule has 0 atom stereocenters. The largest absolute Gasteiger partial charge is 0.497 e. The maximum absolute atomic E-state index is 14.1. The Kier molecular flexibility index (Phi) is 7.61. The van der Waals surface area contributed by atoms with Gasteiger partial charge in [0.2, 0.25) is 5.91 Å². The Morgan fingerprint density at radius 2 is 1.87 bits per heavy atom. The summed E-state index contributed by atoms with van der Waals surface area (Å²) in [7, 11) is 1.55. The van der Waals surface area contributed by atoms with E-state index in [0.29, 0.717) is 33.1 Å². The molecule has 0 aliphatic carbocycles. The van der Waals surface area contributed by atoms with Crippen LogP contribution in [0.1, 0.15) is 16.2 Å². The zero-order valence-electron chi connectivity index (χ0n) is 20.1. The minimum absolute atomic E-state index is 0.0293. The second kappa shape index (κ2) is 11.4. The highest BCUT2D eigenvalue weighted by molar-refractivity contribution is 7.99. The fraction of sp³-hybridized carbons (Fsp3) is 0.115. The first-order valence-electron chi connectivity index (χ1n) is 11.4. The van der Waals surface area contributed by atoms with Crippen molar-refractivity contribution in [3.63, 3.8) is 0 Å². The Morgan fingerprint density at radius 1 is 1.05 bits per heavy atom. The van der Waals surface area contributed by atoms with E-state index in [1.165, 1.54) is 23.5 Å². The van der Waals surface area contributed by atoms with E-state index >= 15 is 0 Å². The van der Waals surface area contributed by atoms with E-state index < -0.39 is 5.82 Å². The normalized spacial score (nSPS) is 10.9. The van der Waals surface area contributed by atoms with Gasteiger partial charge in [-0.1, -0.05) is 41.3 Å². The van der Waals surface area contributed by atoms with E-state index in [0.717, 1.165) is 22.0 Å². The summed E-state index contributed by atoms with van der Waals surface area (Å²) in [6.07, 6.45) is 0. The number of amides is 2. The van der Waals surface area contributed by atoms with E-state index in [9.17, 15) is 14.0 Å². The average Bonchev–Trinajstić information content (AvgIpc) is 3.53. The van der Waals surface area contributed by atoms with Crippen molar-refractivity contribution in [3.05, 3.63) is 90.0 Å². The van der Waals surface area contributed by atoms with E-state index in [2.05, 4.69) is 25.8 Å². The first-order chi connectivity index (χ1) is 18.5. The number of rotatable bonds is 9. The van der Waals surface area contributed by atoms with E-state index in [1.54, 1.807) is 48.1 Å². The second-order valence-electron chi connectivity index (χ2n) is 7.95. The lowest BCUT2D eigenvalue weighted by molar-refractivity contribution is -0.113. The van der Waals surface area contributed by atoms with Gasteiger partial charge in [-0.15, -0.1) is 10.2 Å². The summed E-state index contributed by atoms with van der Waals surface area (Å²) >= 11 is 2.53. The smallest absolute Gasteiger partial charge is 0.251 e. The van der Waals surface area contributed by atoms with Gasteiger partial charge >= 0.3 is 0 Å². The maximum Gasteiger partial charge on any atom is 0.251 e. The Hall–Kier alpha value is -4.29. The molecule has 3 aromatic carbocycles. The van der Waals surface area contributed by atoms with Crippen molar-refractivity contribution >= 4 is 50.3 Å². The number of halogens is 1. The van der Waals surface area contributed by atoms with Crippen LogP contribution in [-0.2, 0) is 11.3 Å². The zero-order valence-corrected chi connectivity index (χ0v) is 21.7. The molecule has 2 N–H and O–H groups in total. The van der Waals surface area contributed by atoms with Crippen LogP contribution in [0.5, 0.6) is 5.75 Å². The fourth-order valence-electron chi connectivity index (χ4n) is 3.60. The van der Waals surface area contributed by atoms with Crippen LogP contribution in [0.15, 0.2) is 78.0 Å². The number of carbonyl (C=O) groups excluding carboxylic acids is 2. The van der Waals surface area contributed by atoms with Crippen molar-refractivity contribution in [3.8, 4) is 11.4 Å². The van der Waals surface area contributed by atoms with Crippen molar-refractivity contribution < 1.29 is 18.7 Å². The summed E-state index contributed by atoms with van der Waals surface area (Å²) in [4.78, 5) is 29.7. The first-order valence-corrected chi connectivity index (χ1v) is 13.2. The first kappa shape index (κ1) is 25.4. The summed E-state index contributed by atoms with van der Waals surface area (Å²) in [5.41, 5.74) is 1.73. The molecule has 0 aliphatic rings. The zero-order chi connectivity index (χ0) is 26.5. The average molecular weight is 549 g/mol. The lowest BCUT2D eigenvalue weighted by Gasteiger charge is -2.11. The highest BCUT2D eigenvalue weighted by atomic mass is 32.2. The molecular formula is C26H21FN6O3S2. The monoisotopic (exact) mass is 548 g/mol. The minimum atomic E-state index is -0.436. The van der Waals surface area contributed by atoms with Crippen molar-refractivity contribution in [2.45, 2.75) is 11.7 Å². The molecule has 2 heterocycles. The number of nitrogens with zero attached hydrogens (tertiary/aromatic N) is 4. The quantitative estimate of drug-likeness (QED) is 0.257. The van der Waals surface area contributed by atoms with Crippen molar-refractivity contribution in [2.24, 2.45) is 0 Å². The summed E-state index contributed by atoms with van der Waals surface area (Å²) in [5, 5.41) is 14.9. The second-order valence-corrected chi connectivity index (χ2v) is 9.92. The van der Waals surface area contributed by atoms with Crippen molar-refractivity contribution in [1.29, 1.82) is 0 Å². The lowest BCUT2D eigenvalue weighted by Crippen LogP contribution is -2.24. The molecule has 0 bridgehead atoms. The van der Waals surface area contributed by atoms with Crippen LogP contribution in [-0.4, -0.2) is 44.4 Å². The van der Waals surface area contributed by atoms with Crippen LogP contribution >= 0.6 is 23.1 Å². The predicted molar refractivity (Wildman–Crippen MR) is 144 cm³/mol. The minimum Gasteiger partial charge on any atom is -0.497 e. The van der Waals surface area contributed by atoms with Crippen LogP contribution < -0.4 is 15.4 Å². The Balaban J connectivity index is 1.30. The van der Waals surface area contributed by atoms with Crippen molar-refractivity contribution in [1.82, 2.24) is 25.1 Å². The molecule has 2 amide bonds. The molecule has 0 saturated carbocycles. The summed E-state index contributed by atoms with van der Waals surface area (Å²) in [6, 6.07) is 20.2. The summed E-state index contributed by atoms with van der Waals surface area (Å²) in [5.74, 6) is 0.0338. The van der Waals surface area contributed by atoms with Gasteiger partial charge in [0.1, 0.15) is 11.6 Å². The summed E-state index contributed by atoms with van der Waals surface area (Å²) in [6.45, 7) is 0.0346. The molecule has 0 saturated heterocycles. The van der Waals surface area contributed by atoms with Gasteiger partial charge in [-0.2, -0.15) is 0 Å². The highest BCUT2D eigenvalue weighted by Gasteiger charge is 2.18. The van der Waals surface area contributed by atoms with Crippen LogP contribution in [0.25, 0.3) is 15.9 Å². The molecule has 5 rings (SSSR count). The van der Waals surface area contributed by atoms with Gasteiger partial charge in [-0.3, -0.25) is 14.2 Å². The number of nitrogens with one attached hydrogen (secondary N) is 2. The molecule has 0 radical (unpaired) electrons. The Morgan fingerprint density at radius 3 is 2.63 bits per heavy atom. The standard InChI is InChI=1S/C26H21FN6O3S2/c1-36-19-11-9-16(10-12-19)24(35)28-14-22-31-32-26(33(22)18-6-4-5-17(27)13-18)37-15-23(34)30-25-29-20-7-2-3-8-21(20)38-25/h2-13H,14-15H2,1H3,(H,28,35)(H,29,30,34). The highest BCUT2D eigenvalue weighted by Crippen LogP contribution is 2.27. The molecule has 12 heteroatoms. The van der Waals surface area contributed by atoms with Gasteiger partial charge < -0.3 is 15.4 Å². The number of hydrogen-bond acceptors (Lipinski definition) is 8. The van der Waals surface area contributed by atoms with Crippen LogP contribution in [0.3, 0.4) is 0 Å². The maximum atomic E-state index is 14.1. The van der Waals surface area contributed by atoms with Gasteiger partial charge in [0.05, 0.1) is 35.3 Å². The molecule has 0 spiro atoms. The number of anilines is 1. The van der Waals surface area contributed by atoms with Gasteiger partial charge in [-0.25, -0.2) is 9.37 Å². The number of thioether (sulfide) groups is 1. The number of thiazole rings is 1. The van der Waals surface area contributed by atoms with E-state index in [4.69, 9.17) is 4.74 Å². The molecule has 192 valence electrons. The third-order valence-electron chi connectivity index (χ3n) is 5.40. The van der Waals surface area contributed by atoms with Crippen LogP contribution in [0.2, 0.25) is 0 Å². The molecule has 0 unspecified atom stereocenters. The summed E-state index contributed by atoms with van der Waals surface area (Å²) < 4.78 is 21.8. The number of fused-ring (bicyclic) bond motifs is 1. The van der Waals surface area contributed by atoms with Gasteiger partial charge in [0, 0.05) is 5.56 Å². The SMILES string of the molecule is COc1ccc(C(=O)NCc2nnc(SCC(=O)Nc3nc4ccccc4s3)n2-c2cccc(F)c2)cc1. The molecular weight excluding hydrogens is 527 g/mol. The third-order valence-corrected chi connectivity index (χ3v) is 7.28. The van der Waals surface area contributed by atoms with Gasteiger partial charge in [0.25, 0.3) is 5.91 Å². The molecule has 2 aromatic heterocycles. The molecule has 5 aromatic rings. The molecule has 38 heavy (non-hydrogen) atoms. The Labute approximate surface area is 225 Å². The van der Waals surface area contributed by atoms with E-state index in [1.807, 2.05) is 24.3 Å². The fourth-order valence-corrected chi connectivity index (χ4v) is 5.25. The van der Waals surface area contributed by atoms with E-state index in [-0.39, 0.29) is 24.1 Å². The topological polar surface area (TPSA) is 111 Å². The Bertz CT molecular complexity index is 1570. The number of benzene rings is 3. The van der Waals surface area contributed by atoms with Crippen LogP contribution in [0, 0.1) is 5.82 Å². The van der Waals surface area contributed by atoms with Gasteiger partial charge in [0.15, 0.2) is 16.1 Å². The number of para-hydroxylation sites is 1. The van der Waals surface area contributed by atoms with Crippen molar-refractivity contribution in [2.75, 3.05) is 18.2 Å². The number of carbonyl (C=O) groups is 2. The number of aromatic nitrogens is 4. The number of hydrogen-bond donors (Lipinski definition) is 2.